The van der Waals surface area contributed by atoms with Gasteiger partial charge in [-0.15, -0.1) is 0 Å². The van der Waals surface area contributed by atoms with Crippen molar-refractivity contribution >= 4 is 24.1 Å². The summed E-state index contributed by atoms with van der Waals surface area (Å²) in [6.45, 7) is -2.60. The van der Waals surface area contributed by atoms with Gasteiger partial charge in [-0.2, -0.15) is 0 Å². The summed E-state index contributed by atoms with van der Waals surface area (Å²) < 4.78 is 14.8. The Hall–Kier alpha value is 0.930. The summed E-state index contributed by atoms with van der Waals surface area (Å²) in [7, 11) is 0. The van der Waals surface area contributed by atoms with E-state index >= 15 is 0 Å². The molecule has 2 atom stereocenters. The molecule has 0 saturated carbocycles. The van der Waals surface area contributed by atoms with Crippen LogP contribution in [-0.2, 0) is 14.1 Å². The summed E-state index contributed by atoms with van der Waals surface area (Å²) >= 11 is 0.226. The number of hydrogen-bond acceptors (Lipinski definition) is 6. The van der Waals surface area contributed by atoms with Gasteiger partial charge in [-0.05, 0) is 6.92 Å². The summed E-state index contributed by atoms with van der Waals surface area (Å²) in [4.78, 5) is 29.4. The third-order valence-electron chi connectivity index (χ3n) is 1.01. The summed E-state index contributed by atoms with van der Waals surface area (Å²) in [5.41, 5.74) is 5.24. The van der Waals surface area contributed by atoms with Crippen LogP contribution in [0.3, 0.4) is 0 Å². The molecular weight excluding hydrogens is 240 g/mol. The molecule has 14 heavy (non-hydrogen) atoms. The SMILES string of the molecule is CCOC(=O)C(N)CSP(=O)([O-])O.[Na+]. The van der Waals surface area contributed by atoms with Gasteiger partial charge in [0, 0.05) is 5.75 Å². The van der Waals surface area contributed by atoms with Crippen molar-refractivity contribution in [2.45, 2.75) is 13.0 Å². The second-order valence-electron chi connectivity index (χ2n) is 2.12. The molecule has 0 radical (unpaired) electrons. The van der Waals surface area contributed by atoms with E-state index in [9.17, 15) is 14.3 Å². The first-order chi connectivity index (χ1) is 5.87. The molecule has 6 nitrogen and oxygen atoms in total. The monoisotopic (exact) mass is 251 g/mol. The quantitative estimate of drug-likeness (QED) is 0.291. The Kier molecular flexibility index (Phi) is 10.1. The molecule has 0 aliphatic heterocycles. The average molecular weight is 251 g/mol. The van der Waals surface area contributed by atoms with E-state index in [4.69, 9.17) is 10.6 Å². The van der Waals surface area contributed by atoms with E-state index in [2.05, 4.69) is 4.74 Å². The maximum atomic E-state index is 10.8. The predicted molar refractivity (Wildman–Crippen MR) is 46.9 cm³/mol. The molecule has 0 aromatic carbocycles. The molecule has 0 aromatic heterocycles. The summed E-state index contributed by atoms with van der Waals surface area (Å²) in [5.74, 6) is -0.890. The van der Waals surface area contributed by atoms with Crippen LogP contribution in [0.5, 0.6) is 0 Å². The van der Waals surface area contributed by atoms with Crippen LogP contribution in [-0.4, -0.2) is 29.3 Å². The Morgan fingerprint density at radius 1 is 1.79 bits per heavy atom. The fourth-order valence-corrected chi connectivity index (χ4v) is 2.02. The Labute approximate surface area is 108 Å². The topological polar surface area (TPSA) is 113 Å². The summed E-state index contributed by atoms with van der Waals surface area (Å²) in [5, 5.41) is 0. The molecule has 0 bridgehead atoms. The van der Waals surface area contributed by atoms with E-state index in [-0.39, 0.29) is 53.3 Å². The Morgan fingerprint density at radius 3 is 2.64 bits per heavy atom. The van der Waals surface area contributed by atoms with E-state index in [0.717, 1.165) is 0 Å². The van der Waals surface area contributed by atoms with Crippen LogP contribution in [0.4, 0.5) is 0 Å². The first-order valence-electron chi connectivity index (χ1n) is 3.47. The van der Waals surface area contributed by atoms with Crippen LogP contribution < -0.4 is 40.2 Å². The molecule has 0 aliphatic rings. The van der Waals surface area contributed by atoms with Gasteiger partial charge < -0.3 is 20.3 Å². The maximum absolute atomic E-state index is 10.8. The maximum Gasteiger partial charge on any atom is 1.00 e. The van der Waals surface area contributed by atoms with Gasteiger partial charge in [-0.3, -0.25) is 9.36 Å². The smallest absolute Gasteiger partial charge is 0.770 e. The molecule has 0 amide bonds. The van der Waals surface area contributed by atoms with Gasteiger partial charge in [-0.25, -0.2) is 0 Å². The molecular formula is C5H11NNaO5PS. The van der Waals surface area contributed by atoms with Crippen molar-refractivity contribution in [2.24, 2.45) is 5.73 Å². The van der Waals surface area contributed by atoms with Crippen LogP contribution in [0.2, 0.25) is 0 Å². The number of esters is 1. The molecule has 0 heterocycles. The second kappa shape index (κ2) is 8.13. The number of carbonyl (C=O) groups excluding carboxylic acids is 1. The van der Waals surface area contributed by atoms with Crippen LogP contribution in [0.1, 0.15) is 6.92 Å². The minimum Gasteiger partial charge on any atom is -0.770 e. The van der Waals surface area contributed by atoms with Gasteiger partial charge in [0.05, 0.1) is 6.61 Å². The second-order valence-corrected chi connectivity index (χ2v) is 5.81. The molecule has 2 unspecified atom stereocenters. The predicted octanol–water partition coefficient (Wildman–Crippen LogP) is -3.93. The summed E-state index contributed by atoms with van der Waals surface area (Å²) in [6.07, 6.45) is 0. The van der Waals surface area contributed by atoms with Crippen LogP contribution in [0.25, 0.3) is 0 Å². The van der Waals surface area contributed by atoms with Crippen molar-refractivity contribution < 1.29 is 53.4 Å². The minimum atomic E-state index is -4.40. The Balaban J connectivity index is 0. The zero-order valence-corrected chi connectivity index (χ0v) is 11.7. The fourth-order valence-electron chi connectivity index (χ4n) is 0.492. The number of nitrogens with two attached hydrogens (primary N) is 1. The molecule has 0 aromatic rings. The Morgan fingerprint density at radius 2 is 2.29 bits per heavy atom. The van der Waals surface area contributed by atoms with Gasteiger partial charge in [0.1, 0.15) is 6.04 Å². The van der Waals surface area contributed by atoms with E-state index < -0.39 is 18.8 Å². The average Bonchev–Trinajstić information content (AvgIpc) is 1.99. The zero-order chi connectivity index (χ0) is 10.5. The molecule has 0 spiro atoms. The molecule has 9 heteroatoms. The third-order valence-corrected chi connectivity index (χ3v) is 3.27. The van der Waals surface area contributed by atoms with Crippen molar-refractivity contribution in [1.29, 1.82) is 0 Å². The van der Waals surface area contributed by atoms with Gasteiger partial charge in [-0.1, -0.05) is 11.4 Å². The zero-order valence-electron chi connectivity index (χ0n) is 8.00. The molecule has 0 rings (SSSR count). The molecule has 0 saturated heterocycles. The number of hydrogen-bond donors (Lipinski definition) is 2. The molecule has 3 N–H and O–H groups in total. The van der Waals surface area contributed by atoms with E-state index in [1.807, 2.05) is 0 Å². The number of ether oxygens (including phenoxy) is 1. The molecule has 78 valence electrons. The molecule has 0 fully saturated rings. The fraction of sp³-hybridized carbons (Fsp3) is 0.800. The Bertz CT molecular complexity index is 222. The largest absolute Gasteiger partial charge is 1.00 e. The normalized spacial score (nSPS) is 16.3. The van der Waals surface area contributed by atoms with Gasteiger partial charge in [0.25, 0.3) is 0 Å². The third kappa shape index (κ3) is 9.48. The van der Waals surface area contributed by atoms with Crippen molar-refractivity contribution in [3.8, 4) is 0 Å². The van der Waals surface area contributed by atoms with E-state index in [1.54, 1.807) is 6.92 Å². The standard InChI is InChI=1S/C5H12NO5PS.Na/c1-2-11-5(7)4(6)3-13-12(8,9)10;/h4H,2-3,6H2,1H3,(H2,8,9,10);/q;+1/p-1. The van der Waals surface area contributed by atoms with E-state index in [1.165, 1.54) is 0 Å². The van der Waals surface area contributed by atoms with Crippen LogP contribution in [0.15, 0.2) is 0 Å². The van der Waals surface area contributed by atoms with Crippen molar-refractivity contribution in [3.63, 3.8) is 0 Å². The van der Waals surface area contributed by atoms with Gasteiger partial charge >= 0.3 is 35.5 Å². The first kappa shape index (κ1) is 17.3. The summed E-state index contributed by atoms with van der Waals surface area (Å²) in [6, 6.07) is -1.03. The van der Waals surface area contributed by atoms with Crippen molar-refractivity contribution in [1.82, 2.24) is 0 Å². The first-order valence-corrected chi connectivity index (χ1v) is 6.64. The number of carbonyl (C=O) groups is 1. The van der Waals surface area contributed by atoms with Crippen LogP contribution >= 0.6 is 18.2 Å². The van der Waals surface area contributed by atoms with E-state index in [0.29, 0.717) is 0 Å². The van der Waals surface area contributed by atoms with Crippen molar-refractivity contribution in [2.75, 3.05) is 12.4 Å². The minimum absolute atomic E-state index is 0. The number of rotatable bonds is 5. The van der Waals surface area contributed by atoms with Crippen LogP contribution in [0, 0.1) is 0 Å². The van der Waals surface area contributed by atoms with Crippen molar-refractivity contribution in [3.05, 3.63) is 0 Å². The molecule has 0 aliphatic carbocycles. The van der Waals surface area contributed by atoms with Gasteiger partial charge in [0.2, 0.25) is 0 Å². The van der Waals surface area contributed by atoms with Gasteiger partial charge in [0.15, 0.2) is 6.80 Å².